The number of thiazole rings is 1. The van der Waals surface area contributed by atoms with Gasteiger partial charge in [0.2, 0.25) is 0 Å². The molecule has 0 amide bonds. The monoisotopic (exact) mass is 279 g/mol. The van der Waals surface area contributed by atoms with Gasteiger partial charge in [0.25, 0.3) is 0 Å². The zero-order chi connectivity index (χ0) is 14.0. The van der Waals surface area contributed by atoms with Gasteiger partial charge < -0.3 is 14.6 Å². The highest BCUT2D eigenvalue weighted by Crippen LogP contribution is 2.36. The Morgan fingerprint density at radius 2 is 2.05 bits per heavy atom. The van der Waals surface area contributed by atoms with Crippen molar-refractivity contribution in [2.75, 3.05) is 14.2 Å². The third kappa shape index (κ3) is 2.53. The maximum atomic E-state index is 11.1. The molecule has 1 heterocycles. The second-order valence-electron chi connectivity index (χ2n) is 3.80. The van der Waals surface area contributed by atoms with Crippen LogP contribution >= 0.6 is 11.3 Å². The summed E-state index contributed by atoms with van der Waals surface area (Å²) in [6.07, 6.45) is 0. The first-order valence-corrected chi connectivity index (χ1v) is 6.31. The van der Waals surface area contributed by atoms with Crippen LogP contribution in [0.3, 0.4) is 0 Å². The fourth-order valence-electron chi connectivity index (χ4n) is 1.69. The van der Waals surface area contributed by atoms with Crippen LogP contribution in [0.4, 0.5) is 0 Å². The van der Waals surface area contributed by atoms with E-state index in [1.807, 2.05) is 0 Å². The van der Waals surface area contributed by atoms with Gasteiger partial charge in [-0.2, -0.15) is 0 Å². The number of methoxy groups -OCH3 is 2. The van der Waals surface area contributed by atoms with Crippen LogP contribution in [0.15, 0.2) is 18.2 Å². The van der Waals surface area contributed by atoms with E-state index in [0.29, 0.717) is 22.2 Å². The zero-order valence-corrected chi connectivity index (χ0v) is 11.6. The van der Waals surface area contributed by atoms with Gasteiger partial charge in [0, 0.05) is 0 Å². The summed E-state index contributed by atoms with van der Waals surface area (Å²) in [6.45, 7) is 1.68. The zero-order valence-electron chi connectivity index (χ0n) is 10.8. The van der Waals surface area contributed by atoms with Gasteiger partial charge in [-0.25, -0.2) is 9.78 Å². The number of carbonyl (C=O) groups is 1. The molecule has 2 aromatic rings. The SMILES string of the molecule is COc1ccc(OC)c(-c2nc(C)c(C(=O)O)s2)c1. The summed E-state index contributed by atoms with van der Waals surface area (Å²) in [5, 5.41) is 9.67. The van der Waals surface area contributed by atoms with Crippen LogP contribution in [0.2, 0.25) is 0 Å². The Morgan fingerprint density at radius 3 is 2.58 bits per heavy atom. The van der Waals surface area contributed by atoms with Gasteiger partial charge in [-0.3, -0.25) is 0 Å². The quantitative estimate of drug-likeness (QED) is 0.932. The summed E-state index contributed by atoms with van der Waals surface area (Å²) >= 11 is 1.12. The third-order valence-corrected chi connectivity index (χ3v) is 3.81. The van der Waals surface area contributed by atoms with Crippen LogP contribution in [-0.2, 0) is 0 Å². The molecule has 1 aromatic heterocycles. The van der Waals surface area contributed by atoms with E-state index in [4.69, 9.17) is 14.6 Å². The molecule has 0 aliphatic heterocycles. The molecule has 0 atom stereocenters. The van der Waals surface area contributed by atoms with Crippen LogP contribution in [0.5, 0.6) is 11.5 Å². The van der Waals surface area contributed by atoms with Crippen LogP contribution in [-0.4, -0.2) is 30.3 Å². The number of benzene rings is 1. The first-order valence-electron chi connectivity index (χ1n) is 5.50. The summed E-state index contributed by atoms with van der Waals surface area (Å²) in [5.41, 5.74) is 1.22. The maximum Gasteiger partial charge on any atom is 0.347 e. The molecule has 0 unspecified atom stereocenters. The van der Waals surface area contributed by atoms with Gasteiger partial charge in [0.15, 0.2) is 0 Å². The fourth-order valence-corrected chi connectivity index (χ4v) is 2.62. The highest BCUT2D eigenvalue weighted by molar-refractivity contribution is 7.17. The average molecular weight is 279 g/mol. The lowest BCUT2D eigenvalue weighted by atomic mass is 10.2. The van der Waals surface area contributed by atoms with Crippen molar-refractivity contribution in [1.29, 1.82) is 0 Å². The van der Waals surface area contributed by atoms with Crippen LogP contribution < -0.4 is 9.47 Å². The van der Waals surface area contributed by atoms with Crippen molar-refractivity contribution in [2.45, 2.75) is 6.92 Å². The standard InChI is InChI=1S/C13H13NO4S/c1-7-11(13(15)16)19-12(14-7)9-6-8(17-2)4-5-10(9)18-3/h4-6H,1-3H3,(H,15,16). The Balaban J connectivity index is 2.57. The predicted octanol–water partition coefficient (Wildman–Crippen LogP) is 2.83. The highest BCUT2D eigenvalue weighted by Gasteiger charge is 2.18. The van der Waals surface area contributed by atoms with E-state index in [1.54, 1.807) is 39.3 Å². The van der Waals surface area contributed by atoms with E-state index in [1.165, 1.54) is 0 Å². The summed E-state index contributed by atoms with van der Waals surface area (Å²) < 4.78 is 10.4. The number of carboxylic acids is 1. The number of rotatable bonds is 4. The van der Waals surface area contributed by atoms with E-state index < -0.39 is 5.97 Å². The topological polar surface area (TPSA) is 68.7 Å². The molecule has 2 rings (SSSR count). The minimum absolute atomic E-state index is 0.236. The van der Waals surface area contributed by atoms with Crippen molar-refractivity contribution in [1.82, 2.24) is 4.98 Å². The van der Waals surface area contributed by atoms with Gasteiger partial charge >= 0.3 is 5.97 Å². The number of carboxylic acid groups (broad SMARTS) is 1. The Labute approximate surface area is 114 Å². The van der Waals surface area contributed by atoms with E-state index in [0.717, 1.165) is 16.9 Å². The maximum absolute atomic E-state index is 11.1. The van der Waals surface area contributed by atoms with Crippen LogP contribution in [0, 0.1) is 6.92 Å². The summed E-state index contributed by atoms with van der Waals surface area (Å²) in [5.74, 6) is 0.329. The molecular formula is C13H13NO4S. The van der Waals surface area contributed by atoms with Crippen molar-refractivity contribution in [3.8, 4) is 22.1 Å². The van der Waals surface area contributed by atoms with Gasteiger partial charge in [-0.15, -0.1) is 11.3 Å². The summed E-state index contributed by atoms with van der Waals surface area (Å²) in [4.78, 5) is 15.6. The number of hydrogen-bond donors (Lipinski definition) is 1. The lowest BCUT2D eigenvalue weighted by Gasteiger charge is -2.07. The molecule has 0 aliphatic rings. The Bertz CT molecular complexity index is 621. The molecule has 0 radical (unpaired) electrons. The third-order valence-electron chi connectivity index (χ3n) is 2.63. The first-order chi connectivity index (χ1) is 9.06. The number of hydrogen-bond acceptors (Lipinski definition) is 5. The van der Waals surface area contributed by atoms with Crippen molar-refractivity contribution in [2.24, 2.45) is 0 Å². The molecule has 0 bridgehead atoms. The van der Waals surface area contributed by atoms with E-state index in [-0.39, 0.29) is 4.88 Å². The lowest BCUT2D eigenvalue weighted by molar-refractivity contribution is 0.0701. The Hall–Kier alpha value is -2.08. The number of aromatic nitrogens is 1. The minimum Gasteiger partial charge on any atom is -0.497 e. The molecule has 0 aliphatic carbocycles. The predicted molar refractivity (Wildman–Crippen MR) is 72.4 cm³/mol. The van der Waals surface area contributed by atoms with E-state index in [9.17, 15) is 4.79 Å². The molecular weight excluding hydrogens is 266 g/mol. The number of aryl methyl sites for hydroxylation is 1. The average Bonchev–Trinajstić information content (AvgIpc) is 2.80. The van der Waals surface area contributed by atoms with Gasteiger partial charge in [0.1, 0.15) is 21.4 Å². The lowest BCUT2D eigenvalue weighted by Crippen LogP contribution is -1.94. The normalized spacial score (nSPS) is 10.3. The van der Waals surface area contributed by atoms with Crippen molar-refractivity contribution >= 4 is 17.3 Å². The second-order valence-corrected chi connectivity index (χ2v) is 4.80. The molecule has 100 valence electrons. The van der Waals surface area contributed by atoms with E-state index in [2.05, 4.69) is 4.98 Å². The van der Waals surface area contributed by atoms with E-state index >= 15 is 0 Å². The van der Waals surface area contributed by atoms with Gasteiger partial charge in [-0.05, 0) is 25.1 Å². The van der Waals surface area contributed by atoms with Crippen LogP contribution in [0.25, 0.3) is 10.6 Å². The number of aromatic carboxylic acids is 1. The Morgan fingerprint density at radius 1 is 1.32 bits per heavy atom. The largest absolute Gasteiger partial charge is 0.497 e. The molecule has 0 saturated carbocycles. The molecule has 0 spiro atoms. The number of nitrogens with zero attached hydrogens (tertiary/aromatic N) is 1. The molecule has 0 saturated heterocycles. The molecule has 1 aromatic carbocycles. The minimum atomic E-state index is -0.969. The van der Waals surface area contributed by atoms with Crippen molar-refractivity contribution in [3.63, 3.8) is 0 Å². The smallest absolute Gasteiger partial charge is 0.347 e. The summed E-state index contributed by atoms with van der Waals surface area (Å²) in [7, 11) is 3.13. The van der Waals surface area contributed by atoms with Crippen LogP contribution in [0.1, 0.15) is 15.4 Å². The van der Waals surface area contributed by atoms with Crippen molar-refractivity contribution < 1.29 is 19.4 Å². The first kappa shape index (κ1) is 13.4. The van der Waals surface area contributed by atoms with Gasteiger partial charge in [0.05, 0.1) is 25.5 Å². The summed E-state index contributed by atoms with van der Waals surface area (Å²) in [6, 6.07) is 5.33. The van der Waals surface area contributed by atoms with Gasteiger partial charge in [-0.1, -0.05) is 0 Å². The molecule has 19 heavy (non-hydrogen) atoms. The molecule has 5 nitrogen and oxygen atoms in total. The second kappa shape index (κ2) is 5.27. The molecule has 1 N–H and O–H groups in total. The van der Waals surface area contributed by atoms with Crippen molar-refractivity contribution in [3.05, 3.63) is 28.8 Å². The molecule has 0 fully saturated rings. The fraction of sp³-hybridized carbons (Fsp3) is 0.231. The molecule has 6 heteroatoms. The highest BCUT2D eigenvalue weighted by atomic mass is 32.1. The Kier molecular flexibility index (Phi) is 3.71. The number of ether oxygens (including phenoxy) is 2.